The summed E-state index contributed by atoms with van der Waals surface area (Å²) in [5, 5.41) is 3.90. The number of fused-ring (bicyclic) bond motifs is 1. The highest BCUT2D eigenvalue weighted by atomic mass is 16.5. The molecule has 0 aliphatic rings. The van der Waals surface area contributed by atoms with Crippen LogP contribution in [0.3, 0.4) is 0 Å². The Bertz CT molecular complexity index is 874. The van der Waals surface area contributed by atoms with Crippen molar-refractivity contribution < 1.29 is 9.53 Å². The molecule has 0 saturated carbocycles. The van der Waals surface area contributed by atoms with Gasteiger partial charge in [-0.3, -0.25) is 9.78 Å². The number of benzene rings is 2. The quantitative estimate of drug-likeness (QED) is 0.764. The molecular weight excluding hydrogens is 300 g/mol. The Hall–Kier alpha value is -2.88. The van der Waals surface area contributed by atoms with Crippen LogP contribution in [0.1, 0.15) is 17.5 Å². The maximum absolute atomic E-state index is 12.1. The minimum absolute atomic E-state index is 0.0667. The van der Waals surface area contributed by atoms with Gasteiger partial charge in [0, 0.05) is 17.3 Å². The summed E-state index contributed by atoms with van der Waals surface area (Å²) in [4.78, 5) is 16.3. The highest BCUT2D eigenvalue weighted by Crippen LogP contribution is 2.19. The van der Waals surface area contributed by atoms with E-state index in [-0.39, 0.29) is 5.91 Å². The molecule has 1 heterocycles. The molecule has 0 fully saturated rings. The number of carbonyl (C=O) groups excluding carboxylic acids is 1. The van der Waals surface area contributed by atoms with Crippen LogP contribution in [0.4, 0.5) is 5.69 Å². The molecule has 1 amide bonds. The molecule has 122 valence electrons. The summed E-state index contributed by atoms with van der Waals surface area (Å²) in [5.74, 6) is 0.758. The fourth-order valence-corrected chi connectivity index (χ4v) is 2.59. The number of pyridine rings is 1. The van der Waals surface area contributed by atoms with Gasteiger partial charge in [-0.1, -0.05) is 23.8 Å². The predicted molar refractivity (Wildman–Crippen MR) is 96.4 cm³/mol. The van der Waals surface area contributed by atoms with Crippen LogP contribution in [0.15, 0.2) is 54.7 Å². The first-order valence-electron chi connectivity index (χ1n) is 7.96. The lowest BCUT2D eigenvalue weighted by Crippen LogP contribution is -2.15. The van der Waals surface area contributed by atoms with Crippen molar-refractivity contribution in [2.45, 2.75) is 20.3 Å². The van der Waals surface area contributed by atoms with Gasteiger partial charge in [-0.15, -0.1) is 0 Å². The van der Waals surface area contributed by atoms with Crippen LogP contribution in [0.25, 0.3) is 10.9 Å². The minimum atomic E-state index is -0.0667. The van der Waals surface area contributed by atoms with Crippen LogP contribution in [-0.2, 0) is 4.79 Å². The molecule has 3 rings (SSSR count). The van der Waals surface area contributed by atoms with Crippen LogP contribution in [0.2, 0.25) is 0 Å². The molecule has 0 unspecified atom stereocenters. The molecule has 0 spiro atoms. The van der Waals surface area contributed by atoms with Crippen molar-refractivity contribution in [3.05, 3.63) is 65.9 Å². The Morgan fingerprint density at radius 1 is 1.12 bits per heavy atom. The van der Waals surface area contributed by atoms with E-state index in [4.69, 9.17) is 4.74 Å². The Balaban J connectivity index is 1.55. The third-order valence-electron chi connectivity index (χ3n) is 3.80. The molecule has 0 atom stereocenters. The van der Waals surface area contributed by atoms with Gasteiger partial charge < -0.3 is 10.1 Å². The van der Waals surface area contributed by atoms with Gasteiger partial charge in [-0.05, 0) is 49.7 Å². The topological polar surface area (TPSA) is 51.2 Å². The van der Waals surface area contributed by atoms with Gasteiger partial charge in [0.15, 0.2) is 0 Å². The summed E-state index contributed by atoms with van der Waals surface area (Å²) >= 11 is 0. The second-order valence-electron chi connectivity index (χ2n) is 5.83. The molecule has 0 radical (unpaired) electrons. The van der Waals surface area contributed by atoms with E-state index >= 15 is 0 Å². The molecule has 0 aliphatic heterocycles. The first-order valence-corrected chi connectivity index (χ1v) is 7.96. The van der Waals surface area contributed by atoms with Gasteiger partial charge in [-0.25, -0.2) is 0 Å². The molecule has 1 N–H and O–H groups in total. The third-order valence-corrected chi connectivity index (χ3v) is 3.80. The number of hydrogen-bond acceptors (Lipinski definition) is 3. The van der Waals surface area contributed by atoms with E-state index in [2.05, 4.69) is 16.4 Å². The number of carbonyl (C=O) groups is 1. The number of anilines is 1. The van der Waals surface area contributed by atoms with E-state index in [1.807, 2.05) is 56.3 Å². The van der Waals surface area contributed by atoms with Crippen LogP contribution in [0.5, 0.6) is 5.75 Å². The average Bonchev–Trinajstić information content (AvgIpc) is 2.57. The molecule has 24 heavy (non-hydrogen) atoms. The van der Waals surface area contributed by atoms with Gasteiger partial charge in [-0.2, -0.15) is 0 Å². The number of ether oxygens (including phenoxy) is 1. The largest absolute Gasteiger partial charge is 0.493 e. The number of nitrogens with zero attached hydrogens (tertiary/aromatic N) is 1. The molecule has 4 nitrogen and oxygen atoms in total. The third kappa shape index (κ3) is 3.90. The average molecular weight is 320 g/mol. The van der Waals surface area contributed by atoms with E-state index in [0.717, 1.165) is 27.9 Å². The summed E-state index contributed by atoms with van der Waals surface area (Å²) in [7, 11) is 0. The number of amides is 1. The lowest BCUT2D eigenvalue weighted by Gasteiger charge is -2.10. The highest BCUT2D eigenvalue weighted by molar-refractivity contribution is 5.93. The summed E-state index contributed by atoms with van der Waals surface area (Å²) in [6.07, 6.45) is 2.06. The first-order chi connectivity index (χ1) is 11.6. The lowest BCUT2D eigenvalue weighted by atomic mass is 10.1. The number of rotatable bonds is 5. The Morgan fingerprint density at radius 2 is 2.00 bits per heavy atom. The highest BCUT2D eigenvalue weighted by Gasteiger charge is 2.05. The van der Waals surface area contributed by atoms with Crippen molar-refractivity contribution in [2.75, 3.05) is 11.9 Å². The molecule has 3 aromatic rings. The maximum Gasteiger partial charge on any atom is 0.227 e. The van der Waals surface area contributed by atoms with E-state index in [0.29, 0.717) is 13.0 Å². The number of aromatic nitrogens is 1. The Morgan fingerprint density at radius 3 is 2.83 bits per heavy atom. The van der Waals surface area contributed by atoms with Crippen LogP contribution < -0.4 is 10.1 Å². The zero-order valence-electron chi connectivity index (χ0n) is 13.9. The van der Waals surface area contributed by atoms with E-state index < -0.39 is 0 Å². The SMILES string of the molecule is Cc1ccc(OCCC(=O)Nc2ccc3ncccc3c2)c(C)c1. The normalized spacial score (nSPS) is 10.6. The molecule has 0 bridgehead atoms. The maximum atomic E-state index is 12.1. The summed E-state index contributed by atoms with van der Waals surface area (Å²) in [6, 6.07) is 15.6. The van der Waals surface area contributed by atoms with Gasteiger partial charge >= 0.3 is 0 Å². The molecule has 1 aromatic heterocycles. The molecular formula is C20H20N2O2. The Kier molecular flexibility index (Phi) is 4.75. The fourth-order valence-electron chi connectivity index (χ4n) is 2.59. The van der Waals surface area contributed by atoms with E-state index in [1.165, 1.54) is 5.56 Å². The van der Waals surface area contributed by atoms with E-state index in [9.17, 15) is 4.79 Å². The summed E-state index contributed by atoms with van der Waals surface area (Å²) in [6.45, 7) is 4.40. The standard InChI is InChI=1S/C20H20N2O2/c1-14-5-8-19(15(2)12-14)24-11-9-20(23)22-17-6-7-18-16(13-17)4-3-10-21-18/h3-8,10,12-13H,9,11H2,1-2H3,(H,22,23). The molecule has 2 aromatic carbocycles. The van der Waals surface area contributed by atoms with Gasteiger partial charge in [0.1, 0.15) is 5.75 Å². The van der Waals surface area contributed by atoms with Gasteiger partial charge in [0.2, 0.25) is 5.91 Å². The zero-order chi connectivity index (χ0) is 16.9. The molecule has 0 saturated heterocycles. The summed E-state index contributed by atoms with van der Waals surface area (Å²) < 4.78 is 5.70. The lowest BCUT2D eigenvalue weighted by molar-refractivity contribution is -0.116. The van der Waals surface area contributed by atoms with E-state index in [1.54, 1.807) is 6.20 Å². The van der Waals surface area contributed by atoms with Crippen molar-refractivity contribution in [1.29, 1.82) is 0 Å². The van der Waals surface area contributed by atoms with Crippen LogP contribution >= 0.6 is 0 Å². The fraction of sp³-hybridized carbons (Fsp3) is 0.200. The monoisotopic (exact) mass is 320 g/mol. The predicted octanol–water partition coefficient (Wildman–Crippen LogP) is 4.26. The second-order valence-corrected chi connectivity index (χ2v) is 5.83. The zero-order valence-corrected chi connectivity index (χ0v) is 13.9. The molecule has 4 heteroatoms. The summed E-state index contributed by atoms with van der Waals surface area (Å²) in [5.41, 5.74) is 3.96. The first kappa shape index (κ1) is 16.0. The van der Waals surface area contributed by atoms with Crippen molar-refractivity contribution in [2.24, 2.45) is 0 Å². The number of hydrogen-bond donors (Lipinski definition) is 1. The molecule has 0 aliphatic carbocycles. The van der Waals surface area contributed by atoms with Gasteiger partial charge in [0.25, 0.3) is 0 Å². The van der Waals surface area contributed by atoms with Gasteiger partial charge in [0.05, 0.1) is 18.5 Å². The van der Waals surface area contributed by atoms with Crippen molar-refractivity contribution in [3.63, 3.8) is 0 Å². The minimum Gasteiger partial charge on any atom is -0.493 e. The smallest absolute Gasteiger partial charge is 0.227 e. The van der Waals surface area contributed by atoms with Crippen LogP contribution in [0, 0.1) is 13.8 Å². The number of aryl methyl sites for hydroxylation is 2. The van der Waals surface area contributed by atoms with Crippen LogP contribution in [-0.4, -0.2) is 17.5 Å². The van der Waals surface area contributed by atoms with Crippen molar-refractivity contribution in [3.8, 4) is 5.75 Å². The number of nitrogens with one attached hydrogen (secondary N) is 1. The Labute approximate surface area is 141 Å². The van der Waals surface area contributed by atoms with Crippen molar-refractivity contribution >= 4 is 22.5 Å². The second kappa shape index (κ2) is 7.13. The van der Waals surface area contributed by atoms with Crippen molar-refractivity contribution in [1.82, 2.24) is 4.98 Å².